The minimum atomic E-state index is -0.500. The van der Waals surface area contributed by atoms with Crippen molar-refractivity contribution in [1.82, 2.24) is 0 Å². The fraction of sp³-hybridized carbons (Fsp3) is 0.667. The average molecular weight is 133 g/mol. The van der Waals surface area contributed by atoms with Crippen LogP contribution in [-0.4, -0.2) is 5.54 Å². The van der Waals surface area contributed by atoms with E-state index in [4.69, 9.17) is 12.2 Å². The smallest absolute Gasteiger partial charge is 0.0755 e. The molecule has 0 bridgehead atoms. The van der Waals surface area contributed by atoms with Crippen LogP contribution in [0.15, 0.2) is 0 Å². The van der Waals surface area contributed by atoms with E-state index in [0.29, 0.717) is 0 Å². The number of hydrogen-bond acceptors (Lipinski definition) is 1. The monoisotopic (exact) mass is 132 g/mol. The summed E-state index contributed by atoms with van der Waals surface area (Å²) in [6.07, 6.45) is 7.40. The molecule has 0 saturated heterocycles. The van der Waals surface area contributed by atoms with Gasteiger partial charge in [-0.3, -0.25) is 0 Å². The molecule has 0 aliphatic heterocycles. The minimum Gasteiger partial charge on any atom is -0.315 e. The van der Waals surface area contributed by atoms with Gasteiger partial charge in [0.15, 0.2) is 0 Å². The molecule has 0 aromatic heterocycles. The summed E-state index contributed by atoms with van der Waals surface area (Å²) < 4.78 is 0. The minimum absolute atomic E-state index is 0. The molecule has 0 rings (SSSR count). The summed E-state index contributed by atoms with van der Waals surface area (Å²) in [6, 6.07) is 0. The SMILES string of the molecule is Cl.[C]#CC(C)(N)CC. The second-order valence-corrected chi connectivity index (χ2v) is 1.90. The Bertz CT molecular complexity index is 91.2. The van der Waals surface area contributed by atoms with Gasteiger partial charge in [0.05, 0.1) is 5.54 Å². The summed E-state index contributed by atoms with van der Waals surface area (Å²) >= 11 is 0. The summed E-state index contributed by atoms with van der Waals surface area (Å²) in [5, 5.41) is 0. The average Bonchev–Trinajstić information content (AvgIpc) is 1.68. The lowest BCUT2D eigenvalue weighted by Gasteiger charge is -2.11. The van der Waals surface area contributed by atoms with Crippen molar-refractivity contribution in [2.24, 2.45) is 5.73 Å². The number of nitrogens with two attached hydrogens (primary N) is 1. The molecule has 0 heterocycles. The maximum Gasteiger partial charge on any atom is 0.0755 e. The van der Waals surface area contributed by atoms with Crippen LogP contribution in [0.1, 0.15) is 20.3 Å². The zero-order valence-electron chi connectivity index (χ0n) is 5.19. The second-order valence-electron chi connectivity index (χ2n) is 1.90. The molecule has 0 aromatic rings. The Kier molecular flexibility index (Phi) is 5.05. The summed E-state index contributed by atoms with van der Waals surface area (Å²) in [5.41, 5.74) is 4.92. The third-order valence-electron chi connectivity index (χ3n) is 1.02. The fourth-order valence-electron chi connectivity index (χ4n) is 0.0884. The van der Waals surface area contributed by atoms with Crippen molar-refractivity contribution in [2.75, 3.05) is 0 Å². The van der Waals surface area contributed by atoms with Crippen molar-refractivity contribution in [3.05, 3.63) is 6.42 Å². The number of hydrogen-bond donors (Lipinski definition) is 1. The van der Waals surface area contributed by atoms with Gasteiger partial charge in [0.2, 0.25) is 0 Å². The zero-order valence-corrected chi connectivity index (χ0v) is 6.01. The Morgan fingerprint density at radius 3 is 2.12 bits per heavy atom. The first kappa shape index (κ1) is 10.7. The molecule has 0 aliphatic carbocycles. The second kappa shape index (κ2) is 3.77. The van der Waals surface area contributed by atoms with E-state index >= 15 is 0 Å². The highest BCUT2D eigenvalue weighted by Gasteiger charge is 2.08. The molecule has 0 aliphatic rings. The topological polar surface area (TPSA) is 26.0 Å². The van der Waals surface area contributed by atoms with E-state index in [1.165, 1.54) is 0 Å². The van der Waals surface area contributed by atoms with Crippen LogP contribution in [0.2, 0.25) is 0 Å². The van der Waals surface area contributed by atoms with Gasteiger partial charge in [0.25, 0.3) is 0 Å². The van der Waals surface area contributed by atoms with Gasteiger partial charge in [-0.2, -0.15) is 0 Å². The molecule has 0 amide bonds. The molecule has 47 valence electrons. The van der Waals surface area contributed by atoms with Gasteiger partial charge in [0, 0.05) is 0 Å². The van der Waals surface area contributed by atoms with Gasteiger partial charge in [-0.1, -0.05) is 12.8 Å². The molecule has 1 radical (unpaired) electrons. The van der Waals surface area contributed by atoms with Gasteiger partial charge >= 0.3 is 0 Å². The maximum absolute atomic E-state index is 6.63. The predicted molar refractivity (Wildman–Crippen MR) is 37.3 cm³/mol. The molecule has 1 nitrogen and oxygen atoms in total. The van der Waals surface area contributed by atoms with Crippen LogP contribution < -0.4 is 5.73 Å². The maximum atomic E-state index is 6.63. The van der Waals surface area contributed by atoms with Gasteiger partial charge in [0.1, 0.15) is 0 Å². The van der Waals surface area contributed by atoms with Crippen LogP contribution >= 0.6 is 12.4 Å². The molecule has 2 heteroatoms. The Hall–Kier alpha value is -0.190. The highest BCUT2D eigenvalue weighted by molar-refractivity contribution is 5.85. The van der Waals surface area contributed by atoms with Crippen molar-refractivity contribution in [3.8, 4) is 5.92 Å². The molecule has 0 aromatic carbocycles. The third-order valence-corrected chi connectivity index (χ3v) is 1.02. The van der Waals surface area contributed by atoms with Crippen LogP contribution in [0.3, 0.4) is 0 Å². The molecule has 1 unspecified atom stereocenters. The van der Waals surface area contributed by atoms with Crippen molar-refractivity contribution >= 4 is 12.4 Å². The fourth-order valence-corrected chi connectivity index (χ4v) is 0.0884. The third kappa shape index (κ3) is 3.98. The quantitative estimate of drug-likeness (QED) is 0.532. The number of rotatable bonds is 1. The van der Waals surface area contributed by atoms with E-state index < -0.39 is 5.54 Å². The first-order valence-electron chi connectivity index (χ1n) is 2.35. The first-order chi connectivity index (χ1) is 3.12. The Labute approximate surface area is 57.1 Å². The van der Waals surface area contributed by atoms with E-state index in [1.807, 2.05) is 6.92 Å². The van der Waals surface area contributed by atoms with Crippen LogP contribution in [0.25, 0.3) is 0 Å². The Morgan fingerprint density at radius 2 is 2.12 bits per heavy atom. The first-order valence-corrected chi connectivity index (χ1v) is 2.35. The summed E-state index contributed by atoms with van der Waals surface area (Å²) in [4.78, 5) is 0. The normalized spacial score (nSPS) is 15.2. The molecule has 8 heavy (non-hydrogen) atoms. The van der Waals surface area contributed by atoms with E-state index in [1.54, 1.807) is 6.92 Å². The summed E-state index contributed by atoms with van der Waals surface area (Å²) in [7, 11) is 0. The predicted octanol–water partition coefficient (Wildman–Crippen LogP) is 1.13. The van der Waals surface area contributed by atoms with E-state index in [2.05, 4.69) is 5.92 Å². The molecule has 0 fully saturated rings. The van der Waals surface area contributed by atoms with Gasteiger partial charge < -0.3 is 5.73 Å². The van der Waals surface area contributed by atoms with Crippen LogP contribution in [0, 0.1) is 12.3 Å². The molecular weight excluding hydrogens is 122 g/mol. The molecule has 2 N–H and O–H groups in total. The van der Waals surface area contributed by atoms with Crippen LogP contribution in [0.5, 0.6) is 0 Å². The molecule has 0 saturated carbocycles. The van der Waals surface area contributed by atoms with Crippen LogP contribution in [0.4, 0.5) is 0 Å². The Balaban J connectivity index is 0. The van der Waals surface area contributed by atoms with E-state index in [9.17, 15) is 0 Å². The van der Waals surface area contributed by atoms with Crippen molar-refractivity contribution < 1.29 is 0 Å². The zero-order chi connectivity index (χ0) is 5.91. The summed E-state index contributed by atoms with van der Waals surface area (Å²) in [6.45, 7) is 3.71. The Morgan fingerprint density at radius 1 is 1.75 bits per heavy atom. The van der Waals surface area contributed by atoms with E-state index in [0.717, 1.165) is 6.42 Å². The lowest BCUT2D eigenvalue weighted by atomic mass is 10.0. The van der Waals surface area contributed by atoms with Crippen molar-refractivity contribution in [2.45, 2.75) is 25.8 Å². The number of halogens is 1. The van der Waals surface area contributed by atoms with Gasteiger partial charge in [-0.05, 0) is 19.8 Å². The standard InChI is InChI=1S/C6H10N.ClH/c1-4-6(3,7)5-2;/h4,7H2,1,3H3;1H. The lowest BCUT2D eigenvalue weighted by Crippen LogP contribution is -2.32. The van der Waals surface area contributed by atoms with Gasteiger partial charge in [-0.25, -0.2) is 0 Å². The molecule has 0 spiro atoms. The van der Waals surface area contributed by atoms with E-state index in [-0.39, 0.29) is 12.4 Å². The molecular formula is C6H11ClN. The van der Waals surface area contributed by atoms with Crippen molar-refractivity contribution in [3.63, 3.8) is 0 Å². The van der Waals surface area contributed by atoms with Gasteiger partial charge in [-0.15, -0.1) is 12.4 Å². The highest BCUT2D eigenvalue weighted by atomic mass is 35.5. The largest absolute Gasteiger partial charge is 0.315 e. The summed E-state index contributed by atoms with van der Waals surface area (Å²) in [5.74, 6) is 2.22. The molecule has 1 atom stereocenters. The van der Waals surface area contributed by atoms with Crippen molar-refractivity contribution in [1.29, 1.82) is 0 Å². The lowest BCUT2D eigenvalue weighted by molar-refractivity contribution is 0.585. The van der Waals surface area contributed by atoms with Crippen LogP contribution in [-0.2, 0) is 0 Å². The highest BCUT2D eigenvalue weighted by Crippen LogP contribution is 1.99.